The van der Waals surface area contributed by atoms with Crippen molar-refractivity contribution in [2.24, 2.45) is 11.7 Å². The molecular weight excluding hydrogens is 274 g/mol. The highest BCUT2D eigenvalue weighted by atomic mass is 32.1. The summed E-state index contributed by atoms with van der Waals surface area (Å²) in [5.41, 5.74) is 11.9. The molecule has 0 bridgehead atoms. The van der Waals surface area contributed by atoms with E-state index in [4.69, 9.17) is 11.5 Å². The van der Waals surface area contributed by atoms with E-state index in [-0.39, 0.29) is 17.0 Å². The average molecular weight is 297 g/mol. The van der Waals surface area contributed by atoms with Gasteiger partial charge in [-0.1, -0.05) is 20.8 Å². The first-order valence-corrected chi connectivity index (χ1v) is 7.57. The van der Waals surface area contributed by atoms with Gasteiger partial charge in [-0.15, -0.1) is 11.3 Å². The summed E-state index contributed by atoms with van der Waals surface area (Å²) < 4.78 is 0. The Hall–Kier alpha value is -1.56. The number of Topliss-reactive ketones (excluding diaryl/α,β-unsaturated/α-hetero) is 1. The van der Waals surface area contributed by atoms with E-state index in [1.54, 1.807) is 6.92 Å². The Kier molecular flexibility index (Phi) is 5.56. The van der Waals surface area contributed by atoms with Crippen molar-refractivity contribution in [2.45, 2.75) is 33.6 Å². The molecule has 0 aliphatic heterocycles. The first-order valence-electron chi connectivity index (χ1n) is 6.75. The lowest BCUT2D eigenvalue weighted by Crippen LogP contribution is -2.23. The molecule has 1 amide bonds. The Morgan fingerprint density at radius 1 is 1.35 bits per heavy atom. The topological polar surface area (TPSA) is 89.4 Å². The van der Waals surface area contributed by atoms with E-state index in [1.165, 1.54) is 11.3 Å². The smallest absolute Gasteiger partial charge is 0.253 e. The van der Waals surface area contributed by atoms with E-state index in [0.29, 0.717) is 22.2 Å². The maximum absolute atomic E-state index is 11.9. The molecule has 6 heteroatoms. The molecule has 0 fully saturated rings. The molecule has 4 N–H and O–H groups in total. The van der Waals surface area contributed by atoms with Gasteiger partial charge in [0, 0.05) is 20.0 Å². The summed E-state index contributed by atoms with van der Waals surface area (Å²) in [6.07, 6.45) is 1.35. The van der Waals surface area contributed by atoms with Crippen LogP contribution in [0.25, 0.3) is 0 Å². The molecule has 1 rings (SSSR count). The van der Waals surface area contributed by atoms with Gasteiger partial charge in [0.15, 0.2) is 5.78 Å². The fraction of sp³-hybridized carbons (Fsp3) is 0.571. The summed E-state index contributed by atoms with van der Waals surface area (Å²) in [4.78, 5) is 25.9. The van der Waals surface area contributed by atoms with Gasteiger partial charge < -0.3 is 16.4 Å². The van der Waals surface area contributed by atoms with Gasteiger partial charge in [-0.25, -0.2) is 0 Å². The largest absolute Gasteiger partial charge is 0.397 e. The molecule has 0 aliphatic carbocycles. The van der Waals surface area contributed by atoms with E-state index in [1.807, 2.05) is 11.9 Å². The van der Waals surface area contributed by atoms with Gasteiger partial charge in [0.05, 0.1) is 16.1 Å². The van der Waals surface area contributed by atoms with Crippen LogP contribution >= 0.6 is 11.3 Å². The van der Waals surface area contributed by atoms with Crippen LogP contribution in [0.3, 0.4) is 0 Å². The van der Waals surface area contributed by atoms with Crippen LogP contribution in [0.4, 0.5) is 10.7 Å². The van der Waals surface area contributed by atoms with Gasteiger partial charge in [0.2, 0.25) is 0 Å². The van der Waals surface area contributed by atoms with Crippen molar-refractivity contribution in [3.05, 3.63) is 10.4 Å². The van der Waals surface area contributed by atoms with Crippen LogP contribution in [0.5, 0.6) is 0 Å². The van der Waals surface area contributed by atoms with Crippen LogP contribution < -0.4 is 16.4 Å². The van der Waals surface area contributed by atoms with Gasteiger partial charge in [-0.2, -0.15) is 0 Å². The zero-order valence-electron chi connectivity index (χ0n) is 12.5. The zero-order valence-corrected chi connectivity index (χ0v) is 13.3. The molecule has 0 atom stereocenters. The molecule has 0 aromatic carbocycles. The molecule has 1 aromatic heterocycles. The Balaban J connectivity index is 3.17. The number of anilines is 2. The lowest BCUT2D eigenvalue weighted by molar-refractivity contribution is 0.0991. The van der Waals surface area contributed by atoms with Crippen molar-refractivity contribution >= 4 is 33.7 Å². The number of carbonyl (C=O) groups excluding carboxylic acids is 2. The van der Waals surface area contributed by atoms with Crippen LogP contribution in [0.2, 0.25) is 0 Å². The second-order valence-electron chi connectivity index (χ2n) is 5.27. The average Bonchev–Trinajstić information content (AvgIpc) is 2.72. The molecule has 0 saturated heterocycles. The Labute approximate surface area is 123 Å². The number of nitrogen functional groups attached to an aromatic ring is 1. The molecule has 0 aliphatic rings. The highest BCUT2D eigenvalue weighted by Crippen LogP contribution is 2.38. The van der Waals surface area contributed by atoms with Gasteiger partial charge in [-0.05, 0) is 12.3 Å². The minimum absolute atomic E-state index is 0.0569. The van der Waals surface area contributed by atoms with Crippen molar-refractivity contribution in [3.63, 3.8) is 0 Å². The van der Waals surface area contributed by atoms with Gasteiger partial charge >= 0.3 is 0 Å². The lowest BCUT2D eigenvalue weighted by atomic mass is 10.1. The standard InChI is InChI=1S/C14H23N3O2S/c1-5-9(18)12-11(15)10(13(16)19)14(20-12)17(4)7-6-8(2)3/h8H,5-7,15H2,1-4H3,(H2,16,19). The van der Waals surface area contributed by atoms with Crippen LogP contribution in [0, 0.1) is 5.92 Å². The van der Waals surface area contributed by atoms with Gasteiger partial charge in [-0.3, -0.25) is 9.59 Å². The molecule has 5 nitrogen and oxygen atoms in total. The number of nitrogens with zero attached hydrogens (tertiary/aromatic N) is 1. The number of hydrogen-bond acceptors (Lipinski definition) is 5. The number of primary amides is 1. The van der Waals surface area contributed by atoms with E-state index in [2.05, 4.69) is 13.8 Å². The van der Waals surface area contributed by atoms with Crippen molar-refractivity contribution in [1.82, 2.24) is 0 Å². The van der Waals surface area contributed by atoms with E-state index < -0.39 is 5.91 Å². The Bertz CT molecular complexity index is 509. The number of hydrogen-bond donors (Lipinski definition) is 2. The molecule has 0 radical (unpaired) electrons. The first-order chi connectivity index (χ1) is 9.29. The Morgan fingerprint density at radius 2 is 1.95 bits per heavy atom. The maximum Gasteiger partial charge on any atom is 0.253 e. The third-order valence-corrected chi connectivity index (χ3v) is 4.50. The fourth-order valence-corrected chi connectivity index (χ4v) is 3.08. The minimum Gasteiger partial charge on any atom is -0.397 e. The second kappa shape index (κ2) is 6.74. The molecule has 112 valence electrons. The maximum atomic E-state index is 11.9. The predicted octanol–water partition coefficient (Wildman–Crippen LogP) is 2.50. The number of carbonyl (C=O) groups is 2. The lowest BCUT2D eigenvalue weighted by Gasteiger charge is -2.19. The summed E-state index contributed by atoms with van der Waals surface area (Å²) in [5, 5.41) is 0.687. The van der Waals surface area contributed by atoms with Gasteiger partial charge in [0.1, 0.15) is 5.00 Å². The normalized spacial score (nSPS) is 10.8. The highest BCUT2D eigenvalue weighted by Gasteiger charge is 2.25. The molecular formula is C14H23N3O2S. The third-order valence-electron chi connectivity index (χ3n) is 3.14. The van der Waals surface area contributed by atoms with Crippen LogP contribution in [0.1, 0.15) is 53.6 Å². The number of rotatable bonds is 7. The monoisotopic (exact) mass is 297 g/mol. The summed E-state index contributed by atoms with van der Waals surface area (Å²) in [5.74, 6) is -0.0812. The summed E-state index contributed by atoms with van der Waals surface area (Å²) >= 11 is 1.26. The molecule has 1 aromatic rings. The highest BCUT2D eigenvalue weighted by molar-refractivity contribution is 7.19. The van der Waals surface area contributed by atoms with Crippen LogP contribution in [-0.4, -0.2) is 25.3 Å². The molecule has 0 unspecified atom stereocenters. The molecule has 1 heterocycles. The number of amides is 1. The third kappa shape index (κ3) is 3.50. The van der Waals surface area contributed by atoms with Crippen molar-refractivity contribution < 1.29 is 9.59 Å². The van der Waals surface area contributed by atoms with Gasteiger partial charge in [0.25, 0.3) is 5.91 Å². The number of ketones is 1. The zero-order chi connectivity index (χ0) is 15.4. The summed E-state index contributed by atoms with van der Waals surface area (Å²) in [6, 6.07) is 0. The number of nitrogens with two attached hydrogens (primary N) is 2. The minimum atomic E-state index is -0.583. The van der Waals surface area contributed by atoms with Crippen molar-refractivity contribution in [1.29, 1.82) is 0 Å². The quantitative estimate of drug-likeness (QED) is 0.757. The second-order valence-corrected chi connectivity index (χ2v) is 6.27. The molecule has 20 heavy (non-hydrogen) atoms. The predicted molar refractivity (Wildman–Crippen MR) is 84.6 cm³/mol. The van der Waals surface area contributed by atoms with E-state index in [0.717, 1.165) is 13.0 Å². The van der Waals surface area contributed by atoms with Crippen molar-refractivity contribution in [2.75, 3.05) is 24.2 Å². The molecule has 0 saturated carbocycles. The van der Waals surface area contributed by atoms with Crippen LogP contribution in [0.15, 0.2) is 0 Å². The summed E-state index contributed by atoms with van der Waals surface area (Å²) in [6.45, 7) is 6.83. The first kappa shape index (κ1) is 16.5. The fourth-order valence-electron chi connectivity index (χ4n) is 1.86. The van der Waals surface area contributed by atoms with E-state index in [9.17, 15) is 9.59 Å². The Morgan fingerprint density at radius 3 is 2.40 bits per heavy atom. The van der Waals surface area contributed by atoms with E-state index >= 15 is 0 Å². The number of thiophene rings is 1. The summed E-state index contributed by atoms with van der Waals surface area (Å²) in [7, 11) is 1.89. The SMILES string of the molecule is CCC(=O)c1sc(N(C)CCC(C)C)c(C(N)=O)c1N. The van der Waals surface area contributed by atoms with Crippen LogP contribution in [-0.2, 0) is 0 Å². The van der Waals surface area contributed by atoms with Crippen molar-refractivity contribution in [3.8, 4) is 0 Å². The molecule has 0 spiro atoms.